The first kappa shape index (κ1) is 13.2. The first-order chi connectivity index (χ1) is 9.19. The van der Waals surface area contributed by atoms with E-state index in [0.717, 1.165) is 22.6 Å². The van der Waals surface area contributed by atoms with Gasteiger partial charge in [-0.2, -0.15) is 0 Å². The van der Waals surface area contributed by atoms with E-state index in [2.05, 4.69) is 4.98 Å². The summed E-state index contributed by atoms with van der Waals surface area (Å²) >= 11 is 1.51. The van der Waals surface area contributed by atoms with E-state index in [4.69, 9.17) is 10.5 Å². The maximum absolute atomic E-state index is 10.6. The van der Waals surface area contributed by atoms with E-state index in [-0.39, 0.29) is 0 Å². The Hall–Kier alpha value is -2.21. The Balaban J connectivity index is 2.10. The van der Waals surface area contributed by atoms with Crippen molar-refractivity contribution in [1.82, 2.24) is 4.98 Å². The second-order valence-electron chi connectivity index (χ2n) is 3.79. The zero-order valence-corrected chi connectivity index (χ0v) is 10.9. The van der Waals surface area contributed by atoms with Gasteiger partial charge in [-0.25, -0.2) is 9.78 Å². The normalized spacial score (nSPS) is 10.1. The Morgan fingerprint density at radius 2 is 2.11 bits per heavy atom. The lowest BCUT2D eigenvalue weighted by molar-refractivity contribution is -0.107. The first-order valence-electron chi connectivity index (χ1n) is 5.65. The SMILES string of the molecule is NC(=O)Oc1ccc(-c2nc(CCC=O)cs2)cc1. The summed E-state index contributed by atoms with van der Waals surface area (Å²) in [5, 5.41) is 2.80. The lowest BCUT2D eigenvalue weighted by Crippen LogP contribution is -2.16. The Kier molecular flexibility index (Phi) is 4.25. The Bertz CT molecular complexity index is 578. The molecule has 0 aliphatic carbocycles. The summed E-state index contributed by atoms with van der Waals surface area (Å²) in [6, 6.07) is 6.93. The summed E-state index contributed by atoms with van der Waals surface area (Å²) in [6.45, 7) is 0. The van der Waals surface area contributed by atoms with Crippen LogP contribution in [0.4, 0.5) is 4.79 Å². The predicted octanol–water partition coefficient (Wildman–Crippen LogP) is 2.40. The quantitative estimate of drug-likeness (QED) is 0.850. The van der Waals surface area contributed by atoms with E-state index in [1.54, 1.807) is 24.3 Å². The lowest BCUT2D eigenvalue weighted by atomic mass is 10.2. The fraction of sp³-hybridized carbons (Fsp3) is 0.154. The number of ether oxygens (including phenoxy) is 1. The highest BCUT2D eigenvalue weighted by atomic mass is 32.1. The second-order valence-corrected chi connectivity index (χ2v) is 4.65. The van der Waals surface area contributed by atoms with Crippen LogP contribution in [0.25, 0.3) is 10.6 Å². The van der Waals surface area contributed by atoms with Crippen molar-refractivity contribution in [2.24, 2.45) is 5.73 Å². The summed E-state index contributed by atoms with van der Waals surface area (Å²) in [7, 11) is 0. The maximum atomic E-state index is 10.6. The van der Waals surface area contributed by atoms with Crippen molar-refractivity contribution in [2.45, 2.75) is 12.8 Å². The van der Waals surface area contributed by atoms with E-state index >= 15 is 0 Å². The van der Waals surface area contributed by atoms with E-state index in [9.17, 15) is 9.59 Å². The number of rotatable bonds is 5. The van der Waals surface area contributed by atoms with Gasteiger partial charge in [0.05, 0.1) is 5.69 Å². The van der Waals surface area contributed by atoms with Gasteiger partial charge in [0.2, 0.25) is 0 Å². The van der Waals surface area contributed by atoms with Gasteiger partial charge in [-0.1, -0.05) is 0 Å². The van der Waals surface area contributed by atoms with Gasteiger partial charge in [0.25, 0.3) is 0 Å². The molecule has 0 saturated carbocycles. The number of hydrogen-bond acceptors (Lipinski definition) is 5. The molecule has 6 heteroatoms. The molecule has 0 unspecified atom stereocenters. The molecule has 19 heavy (non-hydrogen) atoms. The van der Waals surface area contributed by atoms with E-state index in [1.165, 1.54) is 11.3 Å². The zero-order chi connectivity index (χ0) is 13.7. The van der Waals surface area contributed by atoms with Crippen molar-refractivity contribution in [3.63, 3.8) is 0 Å². The summed E-state index contributed by atoms with van der Waals surface area (Å²) in [5.74, 6) is 0.397. The van der Waals surface area contributed by atoms with Crippen LogP contribution in [0.1, 0.15) is 12.1 Å². The number of nitrogens with zero attached hydrogens (tertiary/aromatic N) is 1. The molecule has 0 aliphatic rings. The molecule has 0 spiro atoms. The smallest absolute Gasteiger partial charge is 0.409 e. The molecule has 2 N–H and O–H groups in total. The fourth-order valence-electron chi connectivity index (χ4n) is 1.54. The van der Waals surface area contributed by atoms with Crippen molar-refractivity contribution in [2.75, 3.05) is 0 Å². The molecule has 0 aliphatic heterocycles. The van der Waals surface area contributed by atoms with Crippen molar-refractivity contribution in [3.8, 4) is 16.3 Å². The maximum Gasteiger partial charge on any atom is 0.409 e. The highest BCUT2D eigenvalue weighted by Gasteiger charge is 2.05. The number of amides is 1. The van der Waals surface area contributed by atoms with Gasteiger partial charge in [-0.15, -0.1) is 11.3 Å². The minimum Gasteiger partial charge on any atom is -0.411 e. The average molecular weight is 276 g/mol. The van der Waals surface area contributed by atoms with Gasteiger partial charge in [0.1, 0.15) is 17.0 Å². The van der Waals surface area contributed by atoms with Crippen LogP contribution in [0.15, 0.2) is 29.6 Å². The summed E-state index contributed by atoms with van der Waals surface area (Å²) in [4.78, 5) is 25.3. The van der Waals surface area contributed by atoms with Crippen molar-refractivity contribution in [3.05, 3.63) is 35.3 Å². The fourth-order valence-corrected chi connectivity index (χ4v) is 2.40. The lowest BCUT2D eigenvalue weighted by Gasteiger charge is -2.01. The van der Waals surface area contributed by atoms with Gasteiger partial charge >= 0.3 is 6.09 Å². The average Bonchev–Trinajstić information content (AvgIpc) is 2.85. The number of aldehydes is 1. The van der Waals surface area contributed by atoms with Crippen LogP contribution in [0, 0.1) is 0 Å². The van der Waals surface area contributed by atoms with Crippen LogP contribution in [-0.2, 0) is 11.2 Å². The van der Waals surface area contributed by atoms with Gasteiger partial charge in [-0.3, -0.25) is 0 Å². The van der Waals surface area contributed by atoms with Gasteiger partial charge < -0.3 is 15.3 Å². The van der Waals surface area contributed by atoms with E-state index < -0.39 is 6.09 Å². The minimum absolute atomic E-state index is 0.397. The molecule has 1 amide bonds. The summed E-state index contributed by atoms with van der Waals surface area (Å²) < 4.78 is 4.75. The standard InChI is InChI=1S/C13H12N2O3S/c14-13(17)18-11-5-3-9(4-6-11)12-15-10(8-19-12)2-1-7-16/h3-8H,1-2H2,(H2,14,17). The topological polar surface area (TPSA) is 82.3 Å². The van der Waals surface area contributed by atoms with Crippen LogP contribution in [-0.4, -0.2) is 17.4 Å². The Morgan fingerprint density at radius 1 is 1.37 bits per heavy atom. The molecular weight excluding hydrogens is 264 g/mol. The van der Waals surface area contributed by atoms with Crippen LogP contribution in [0.3, 0.4) is 0 Å². The van der Waals surface area contributed by atoms with Gasteiger partial charge in [0.15, 0.2) is 0 Å². The molecule has 2 aromatic rings. The monoisotopic (exact) mass is 276 g/mol. The van der Waals surface area contributed by atoms with Crippen molar-refractivity contribution >= 4 is 23.7 Å². The number of aryl methyl sites for hydroxylation is 1. The van der Waals surface area contributed by atoms with Gasteiger partial charge in [-0.05, 0) is 30.7 Å². The number of benzene rings is 1. The number of primary amides is 1. The number of carbonyl (C=O) groups is 2. The predicted molar refractivity (Wildman–Crippen MR) is 72.1 cm³/mol. The third kappa shape index (κ3) is 3.62. The zero-order valence-electron chi connectivity index (χ0n) is 10.0. The van der Waals surface area contributed by atoms with Crippen LogP contribution in [0.2, 0.25) is 0 Å². The third-order valence-corrected chi connectivity index (χ3v) is 3.33. The number of nitrogens with two attached hydrogens (primary N) is 1. The molecule has 0 fully saturated rings. The summed E-state index contributed by atoms with van der Waals surface area (Å²) in [5.41, 5.74) is 6.76. The molecule has 0 atom stereocenters. The molecule has 1 heterocycles. The van der Waals surface area contributed by atoms with Gasteiger partial charge in [0, 0.05) is 17.4 Å². The molecule has 0 bridgehead atoms. The van der Waals surface area contributed by atoms with E-state index in [1.807, 2.05) is 5.38 Å². The van der Waals surface area contributed by atoms with Crippen molar-refractivity contribution < 1.29 is 14.3 Å². The number of aromatic nitrogens is 1. The molecule has 98 valence electrons. The van der Waals surface area contributed by atoms with Crippen LogP contribution in [0.5, 0.6) is 5.75 Å². The number of carbonyl (C=O) groups excluding carboxylic acids is 2. The molecule has 1 aromatic carbocycles. The molecule has 2 rings (SSSR count). The second kappa shape index (κ2) is 6.10. The Morgan fingerprint density at radius 3 is 2.74 bits per heavy atom. The third-order valence-electron chi connectivity index (χ3n) is 2.39. The Labute approximate surface area is 114 Å². The number of thiazole rings is 1. The number of hydrogen-bond donors (Lipinski definition) is 1. The minimum atomic E-state index is -0.835. The highest BCUT2D eigenvalue weighted by Crippen LogP contribution is 2.26. The van der Waals surface area contributed by atoms with E-state index in [0.29, 0.717) is 18.6 Å². The molecule has 1 aromatic heterocycles. The molecule has 5 nitrogen and oxygen atoms in total. The highest BCUT2D eigenvalue weighted by molar-refractivity contribution is 7.13. The molecular formula is C13H12N2O3S. The first-order valence-corrected chi connectivity index (χ1v) is 6.53. The van der Waals surface area contributed by atoms with Crippen LogP contribution < -0.4 is 10.5 Å². The molecule has 0 radical (unpaired) electrons. The summed E-state index contributed by atoms with van der Waals surface area (Å²) in [6.07, 6.45) is 1.19. The largest absolute Gasteiger partial charge is 0.411 e. The van der Waals surface area contributed by atoms with Crippen LogP contribution >= 0.6 is 11.3 Å². The molecule has 0 saturated heterocycles. The van der Waals surface area contributed by atoms with Crippen molar-refractivity contribution in [1.29, 1.82) is 0 Å².